The van der Waals surface area contributed by atoms with E-state index >= 15 is 0 Å². The monoisotopic (exact) mass is 567 g/mol. The number of carbonyl (C=O) groups is 1. The number of aryl methyl sites for hydroxylation is 1. The number of nitrogens with one attached hydrogen (secondary N) is 2. The van der Waals surface area contributed by atoms with Crippen molar-refractivity contribution in [3.8, 4) is 6.07 Å². The Hall–Kier alpha value is -4.45. The topological polar surface area (TPSA) is 96.7 Å². The second kappa shape index (κ2) is 14.3. The van der Waals surface area contributed by atoms with Gasteiger partial charge in [0.05, 0.1) is 40.8 Å². The largest absolute Gasteiger partial charge is 0.351 e. The standard InChI is InChI=1S/C32H34ClN7O/c1-4-35-24(3)36-15-7-9-26-8-5-6-10-29(26)31(30-23(2)20-27(33)22-37-30)39-16-18-40(19-17-39)32(41)38-28-13-11-25(21-34)12-14-28/h4-14,20,22,31H,1,15-19H2,2-3H3,(H,35,36)(H,38,41)/b9-7+. The molecule has 1 unspecified atom stereocenters. The van der Waals surface area contributed by atoms with Crippen LogP contribution in [0.25, 0.3) is 6.08 Å². The van der Waals surface area contributed by atoms with Gasteiger partial charge in [0.15, 0.2) is 0 Å². The minimum absolute atomic E-state index is 0.121. The number of hydrogen-bond donors (Lipinski definition) is 2. The number of benzene rings is 2. The Kier molecular flexibility index (Phi) is 10.3. The summed E-state index contributed by atoms with van der Waals surface area (Å²) in [5.74, 6) is 0.804. The van der Waals surface area contributed by atoms with Gasteiger partial charge in [-0.3, -0.25) is 14.9 Å². The quantitative estimate of drug-likeness (QED) is 0.256. The van der Waals surface area contributed by atoms with Crippen molar-refractivity contribution in [1.82, 2.24) is 20.1 Å². The normalized spacial score (nSPS) is 14.9. The summed E-state index contributed by atoms with van der Waals surface area (Å²) in [6.07, 6.45) is 7.44. The van der Waals surface area contributed by atoms with E-state index in [4.69, 9.17) is 21.8 Å². The number of nitriles is 1. The van der Waals surface area contributed by atoms with Crippen molar-refractivity contribution in [2.24, 2.45) is 4.99 Å². The first-order valence-corrected chi connectivity index (χ1v) is 13.8. The fourth-order valence-corrected chi connectivity index (χ4v) is 5.05. The Morgan fingerprint density at radius 1 is 1.20 bits per heavy atom. The van der Waals surface area contributed by atoms with Crippen molar-refractivity contribution >= 4 is 35.2 Å². The van der Waals surface area contributed by atoms with Gasteiger partial charge in [-0.2, -0.15) is 5.26 Å². The van der Waals surface area contributed by atoms with Crippen LogP contribution in [-0.2, 0) is 0 Å². The number of aromatic nitrogens is 1. The average Bonchev–Trinajstić information content (AvgIpc) is 2.98. The van der Waals surface area contributed by atoms with Gasteiger partial charge in [0.25, 0.3) is 0 Å². The van der Waals surface area contributed by atoms with Gasteiger partial charge in [0.1, 0.15) is 0 Å². The third-order valence-corrected chi connectivity index (χ3v) is 7.12. The summed E-state index contributed by atoms with van der Waals surface area (Å²) in [5.41, 5.74) is 5.38. The van der Waals surface area contributed by atoms with Crippen molar-refractivity contribution in [2.75, 3.05) is 38.0 Å². The van der Waals surface area contributed by atoms with Crippen LogP contribution in [-0.4, -0.2) is 59.4 Å². The zero-order valence-corrected chi connectivity index (χ0v) is 24.1. The van der Waals surface area contributed by atoms with E-state index in [1.807, 2.05) is 43.0 Å². The van der Waals surface area contributed by atoms with Crippen LogP contribution in [0.5, 0.6) is 0 Å². The summed E-state index contributed by atoms with van der Waals surface area (Å²) >= 11 is 6.28. The molecule has 2 heterocycles. The SMILES string of the molecule is C=CNC(C)=NC/C=C/c1ccccc1C(c1ncc(Cl)cc1C)N1CCN(C(=O)Nc2ccc(C#N)cc2)CC1. The third-order valence-electron chi connectivity index (χ3n) is 6.91. The Morgan fingerprint density at radius 3 is 2.61 bits per heavy atom. The van der Waals surface area contributed by atoms with E-state index in [9.17, 15) is 4.79 Å². The molecule has 1 fully saturated rings. The smallest absolute Gasteiger partial charge is 0.321 e. The van der Waals surface area contributed by atoms with Gasteiger partial charge in [-0.1, -0.05) is 54.6 Å². The first kappa shape index (κ1) is 29.5. The lowest BCUT2D eigenvalue weighted by Gasteiger charge is -2.40. The molecule has 1 aliphatic heterocycles. The molecule has 9 heteroatoms. The Balaban J connectivity index is 1.55. The van der Waals surface area contributed by atoms with E-state index in [0.29, 0.717) is 49.0 Å². The van der Waals surface area contributed by atoms with Crippen LogP contribution < -0.4 is 10.6 Å². The van der Waals surface area contributed by atoms with Crippen LogP contribution in [0.1, 0.15) is 40.9 Å². The van der Waals surface area contributed by atoms with Crippen LogP contribution in [0.2, 0.25) is 5.02 Å². The number of pyridine rings is 1. The van der Waals surface area contributed by atoms with Crippen LogP contribution in [0.15, 0.2) is 84.6 Å². The molecular weight excluding hydrogens is 534 g/mol. The molecular formula is C32H34ClN7O. The molecule has 0 spiro atoms. The molecule has 0 bridgehead atoms. The molecule has 0 aliphatic carbocycles. The summed E-state index contributed by atoms with van der Waals surface area (Å²) in [6, 6.07) is 18.9. The molecule has 0 saturated carbocycles. The summed E-state index contributed by atoms with van der Waals surface area (Å²) in [5, 5.41) is 15.5. The molecule has 1 aromatic heterocycles. The molecule has 2 aromatic carbocycles. The molecule has 0 radical (unpaired) electrons. The van der Waals surface area contributed by atoms with Crippen molar-refractivity contribution < 1.29 is 4.79 Å². The lowest BCUT2D eigenvalue weighted by atomic mass is 9.93. The number of piperazine rings is 1. The first-order chi connectivity index (χ1) is 19.9. The first-order valence-electron chi connectivity index (χ1n) is 13.5. The van der Waals surface area contributed by atoms with Crippen molar-refractivity contribution in [3.05, 3.63) is 113 Å². The second-order valence-electron chi connectivity index (χ2n) is 9.71. The molecule has 1 atom stereocenters. The van der Waals surface area contributed by atoms with Gasteiger partial charge in [-0.25, -0.2) is 4.79 Å². The van der Waals surface area contributed by atoms with E-state index < -0.39 is 0 Å². The number of halogens is 1. The number of rotatable bonds is 8. The van der Waals surface area contributed by atoms with Crippen molar-refractivity contribution in [2.45, 2.75) is 19.9 Å². The molecule has 3 aromatic rings. The molecule has 1 aliphatic rings. The molecule has 8 nitrogen and oxygen atoms in total. The van der Waals surface area contributed by atoms with Gasteiger partial charge in [0, 0.05) is 38.1 Å². The molecule has 1 saturated heterocycles. The maximum atomic E-state index is 13.0. The summed E-state index contributed by atoms with van der Waals surface area (Å²) in [4.78, 5) is 26.5. The number of amidine groups is 1. The maximum absolute atomic E-state index is 13.0. The fraction of sp³-hybridized carbons (Fsp3) is 0.250. The predicted molar refractivity (Wildman–Crippen MR) is 166 cm³/mol. The molecule has 2 amide bonds. The molecule has 41 heavy (non-hydrogen) atoms. The number of anilines is 1. The minimum atomic E-state index is -0.156. The van der Waals surface area contributed by atoms with E-state index in [1.165, 1.54) is 0 Å². The zero-order valence-electron chi connectivity index (χ0n) is 23.3. The van der Waals surface area contributed by atoms with Crippen molar-refractivity contribution in [1.29, 1.82) is 5.26 Å². The van der Waals surface area contributed by atoms with Crippen LogP contribution in [0, 0.1) is 18.3 Å². The highest BCUT2D eigenvalue weighted by Crippen LogP contribution is 2.34. The Labute approximate surface area is 246 Å². The van der Waals surface area contributed by atoms with Crippen LogP contribution >= 0.6 is 11.6 Å². The van der Waals surface area contributed by atoms with E-state index in [0.717, 1.165) is 28.2 Å². The summed E-state index contributed by atoms with van der Waals surface area (Å²) in [6.45, 7) is 10.6. The number of urea groups is 1. The molecule has 2 N–H and O–H groups in total. The summed E-state index contributed by atoms with van der Waals surface area (Å²) in [7, 11) is 0. The maximum Gasteiger partial charge on any atom is 0.321 e. The number of carbonyl (C=O) groups excluding carboxylic acids is 1. The average molecular weight is 568 g/mol. The van der Waals surface area contributed by atoms with Crippen LogP contribution in [0.4, 0.5) is 10.5 Å². The van der Waals surface area contributed by atoms with Gasteiger partial charge in [-0.15, -0.1) is 0 Å². The lowest BCUT2D eigenvalue weighted by molar-refractivity contribution is 0.125. The third kappa shape index (κ3) is 7.82. The highest BCUT2D eigenvalue weighted by Gasteiger charge is 2.31. The number of nitrogens with zero attached hydrogens (tertiary/aromatic N) is 5. The van der Waals surface area contributed by atoms with E-state index in [-0.39, 0.29) is 12.1 Å². The van der Waals surface area contributed by atoms with Crippen LogP contribution in [0.3, 0.4) is 0 Å². The van der Waals surface area contributed by atoms with E-state index in [1.54, 1.807) is 36.7 Å². The minimum Gasteiger partial charge on any atom is -0.351 e. The van der Waals surface area contributed by atoms with Gasteiger partial charge < -0.3 is 15.5 Å². The molecule has 4 rings (SSSR count). The van der Waals surface area contributed by atoms with Gasteiger partial charge in [0.2, 0.25) is 0 Å². The fourth-order valence-electron chi connectivity index (χ4n) is 4.84. The highest BCUT2D eigenvalue weighted by molar-refractivity contribution is 6.30. The summed E-state index contributed by atoms with van der Waals surface area (Å²) < 4.78 is 0. The number of hydrogen-bond acceptors (Lipinski definition) is 5. The second-order valence-corrected chi connectivity index (χ2v) is 10.1. The predicted octanol–water partition coefficient (Wildman–Crippen LogP) is 6.02. The van der Waals surface area contributed by atoms with E-state index in [2.05, 4.69) is 51.4 Å². The zero-order chi connectivity index (χ0) is 29.2. The van der Waals surface area contributed by atoms with Gasteiger partial charge >= 0.3 is 6.03 Å². The van der Waals surface area contributed by atoms with Gasteiger partial charge in [-0.05, 0) is 67.1 Å². The number of aliphatic imine (C=N–C) groups is 1. The van der Waals surface area contributed by atoms with Crippen molar-refractivity contribution in [3.63, 3.8) is 0 Å². The number of amides is 2. The lowest BCUT2D eigenvalue weighted by Crippen LogP contribution is -2.51. The molecule has 210 valence electrons. The Morgan fingerprint density at radius 2 is 1.93 bits per heavy atom. The highest BCUT2D eigenvalue weighted by atomic mass is 35.5. The Bertz CT molecular complexity index is 1470.